The third kappa shape index (κ3) is 6.75. The Labute approximate surface area is 282 Å². The average Bonchev–Trinajstić information content (AvgIpc) is 3.52. The number of carbonyl (C=O) groups excluding carboxylic acids is 3. The Hall–Kier alpha value is -4.84. The highest BCUT2D eigenvalue weighted by Gasteiger charge is 2.35. The summed E-state index contributed by atoms with van der Waals surface area (Å²) in [5, 5.41) is 11.2. The first-order valence-electron chi connectivity index (χ1n) is 16.3. The van der Waals surface area contributed by atoms with Crippen LogP contribution in [-0.2, 0) is 22.4 Å². The minimum atomic E-state index is -1.07. The molecule has 2 fully saturated rings. The lowest BCUT2D eigenvalue weighted by Crippen LogP contribution is -2.54. The van der Waals surface area contributed by atoms with Crippen LogP contribution in [0.4, 0.5) is 25.4 Å². The number of likely N-dealkylation sites (tertiary alicyclic amines) is 1. The number of rotatable bonds is 6. The molecule has 11 nitrogen and oxygen atoms in total. The van der Waals surface area contributed by atoms with Gasteiger partial charge in [-0.25, -0.2) is 14.0 Å². The number of fused-ring (bicyclic) bond motifs is 2. The molecule has 1 aromatic heterocycles. The van der Waals surface area contributed by atoms with Crippen LogP contribution in [0.1, 0.15) is 24.0 Å². The number of nitrogens with one attached hydrogen (secondary N) is 2. The molecule has 0 aliphatic carbocycles. The molecule has 4 aromatic rings. The van der Waals surface area contributed by atoms with Crippen LogP contribution in [0.3, 0.4) is 0 Å². The Kier molecular flexibility index (Phi) is 9.07. The van der Waals surface area contributed by atoms with Crippen molar-refractivity contribution in [1.82, 2.24) is 24.9 Å². The van der Waals surface area contributed by atoms with Crippen molar-refractivity contribution < 1.29 is 23.5 Å². The summed E-state index contributed by atoms with van der Waals surface area (Å²) in [6.45, 7) is 3.40. The van der Waals surface area contributed by atoms with Gasteiger partial charge in [-0.2, -0.15) is 5.10 Å². The largest absolute Gasteiger partial charge is 0.436 e. The predicted octanol–water partition coefficient (Wildman–Crippen LogP) is 5.31. The van der Waals surface area contributed by atoms with E-state index in [0.717, 1.165) is 34.3 Å². The molecule has 0 spiro atoms. The van der Waals surface area contributed by atoms with Crippen LogP contribution in [0.15, 0.2) is 66.9 Å². The molecule has 7 rings (SSSR count). The number of aromatic nitrogens is 2. The van der Waals surface area contributed by atoms with E-state index in [4.69, 9.17) is 16.3 Å². The zero-order chi connectivity index (χ0) is 33.2. The molecule has 3 aliphatic heterocycles. The Bertz CT molecular complexity index is 1800. The highest BCUT2D eigenvalue weighted by atomic mass is 35.5. The number of carbonyl (C=O) groups is 3. The Morgan fingerprint density at radius 1 is 0.958 bits per heavy atom. The molecule has 4 heterocycles. The van der Waals surface area contributed by atoms with E-state index in [2.05, 4.69) is 20.4 Å². The van der Waals surface area contributed by atoms with Crippen LogP contribution in [-0.4, -0.2) is 101 Å². The molecule has 250 valence electrons. The summed E-state index contributed by atoms with van der Waals surface area (Å²) >= 11 is 6.51. The average molecular weight is 674 g/mol. The molecular weight excluding hydrogens is 637 g/mol. The number of piperidine rings is 1. The Morgan fingerprint density at radius 3 is 2.48 bits per heavy atom. The number of anilines is 2. The number of piperazine rings is 1. The smallest absolute Gasteiger partial charge is 0.410 e. The summed E-state index contributed by atoms with van der Waals surface area (Å²) in [7, 11) is 0. The van der Waals surface area contributed by atoms with E-state index in [9.17, 15) is 18.8 Å². The molecule has 0 saturated carbocycles. The maximum Gasteiger partial charge on any atom is 0.410 e. The second-order valence-electron chi connectivity index (χ2n) is 12.5. The van der Waals surface area contributed by atoms with Gasteiger partial charge in [0.25, 0.3) is 5.91 Å². The normalized spacial score (nSPS) is 17.9. The molecule has 13 heteroatoms. The Morgan fingerprint density at radius 2 is 1.71 bits per heavy atom. The number of nitrogens with zero attached hydrogens (tertiary/aromatic N) is 5. The second-order valence-corrected chi connectivity index (χ2v) is 12.9. The number of amides is 4. The van der Waals surface area contributed by atoms with Gasteiger partial charge in [0, 0.05) is 75.0 Å². The van der Waals surface area contributed by atoms with E-state index in [0.29, 0.717) is 69.2 Å². The zero-order valence-corrected chi connectivity index (χ0v) is 27.2. The van der Waals surface area contributed by atoms with Crippen molar-refractivity contribution in [2.45, 2.75) is 37.8 Å². The predicted molar refractivity (Wildman–Crippen MR) is 181 cm³/mol. The van der Waals surface area contributed by atoms with E-state index in [-0.39, 0.29) is 30.2 Å². The highest BCUT2D eigenvalue weighted by molar-refractivity contribution is 6.35. The van der Waals surface area contributed by atoms with Gasteiger partial charge in [0.05, 0.1) is 16.7 Å². The van der Waals surface area contributed by atoms with Gasteiger partial charge in [0.15, 0.2) is 6.10 Å². The number of urea groups is 1. The SMILES string of the molecule is O=C(O[C@H](Cc1cc(Cl)c2[nH]ncc2c1)C(=O)N1CCN(c2ccc(F)cc2)CC1)N1CCC(N2CCc3ccccc3NC2=O)CC1. The van der Waals surface area contributed by atoms with E-state index in [1.54, 1.807) is 34.2 Å². The number of hydrogen-bond acceptors (Lipinski definition) is 6. The topological polar surface area (TPSA) is 114 Å². The summed E-state index contributed by atoms with van der Waals surface area (Å²) in [6, 6.07) is 17.7. The zero-order valence-electron chi connectivity index (χ0n) is 26.4. The number of hydrogen-bond donors (Lipinski definition) is 2. The fourth-order valence-electron chi connectivity index (χ4n) is 6.92. The molecule has 48 heavy (non-hydrogen) atoms. The quantitative estimate of drug-likeness (QED) is 0.287. The molecule has 0 radical (unpaired) electrons. The number of ether oxygens (including phenoxy) is 1. The molecule has 2 saturated heterocycles. The molecular formula is C35H37ClFN7O4. The van der Waals surface area contributed by atoms with Crippen molar-refractivity contribution in [3.63, 3.8) is 0 Å². The fourth-order valence-corrected chi connectivity index (χ4v) is 7.21. The van der Waals surface area contributed by atoms with Crippen molar-refractivity contribution in [1.29, 1.82) is 0 Å². The van der Waals surface area contributed by atoms with Crippen LogP contribution in [0.5, 0.6) is 0 Å². The lowest BCUT2D eigenvalue weighted by molar-refractivity contribution is -0.141. The van der Waals surface area contributed by atoms with Crippen LogP contribution in [0.2, 0.25) is 5.02 Å². The minimum absolute atomic E-state index is 0.0120. The first-order valence-corrected chi connectivity index (χ1v) is 16.7. The van der Waals surface area contributed by atoms with Gasteiger partial charge in [-0.3, -0.25) is 9.89 Å². The molecule has 0 unspecified atom stereocenters. The van der Waals surface area contributed by atoms with Crippen LogP contribution < -0.4 is 10.2 Å². The summed E-state index contributed by atoms with van der Waals surface area (Å²) in [5.41, 5.74) is 4.28. The standard InChI is InChI=1S/C35H37ClFN7O4/c36-29-20-23(19-25-22-38-40-32(25)29)21-31(33(45)42-17-15-41(16-18-42)27-7-5-26(37)6-8-27)48-35(47)43-12-10-28(11-13-43)44-14-9-24-3-1-2-4-30(24)39-34(44)46/h1-8,19-20,22,28,31H,9-18,21H2,(H,38,40)(H,39,46)/t31-/m1/s1. The molecule has 0 bridgehead atoms. The van der Waals surface area contributed by atoms with Gasteiger partial charge in [0.1, 0.15) is 5.82 Å². The Balaban J connectivity index is 1.01. The lowest BCUT2D eigenvalue weighted by atomic mass is 10.0. The van der Waals surface area contributed by atoms with E-state index < -0.39 is 12.2 Å². The van der Waals surface area contributed by atoms with Gasteiger partial charge in [-0.1, -0.05) is 29.8 Å². The third-order valence-corrected chi connectivity index (χ3v) is 9.89. The van der Waals surface area contributed by atoms with Gasteiger partial charge >= 0.3 is 12.1 Å². The number of benzene rings is 3. The maximum absolute atomic E-state index is 14.0. The van der Waals surface area contributed by atoms with E-state index >= 15 is 0 Å². The second kappa shape index (κ2) is 13.7. The molecule has 1 atom stereocenters. The van der Waals surface area contributed by atoms with E-state index in [1.165, 1.54) is 12.1 Å². The van der Waals surface area contributed by atoms with Crippen molar-refractivity contribution in [3.05, 3.63) is 88.8 Å². The summed E-state index contributed by atoms with van der Waals surface area (Å²) in [4.78, 5) is 48.0. The van der Waals surface area contributed by atoms with Crippen molar-refractivity contribution >= 4 is 51.9 Å². The number of para-hydroxylation sites is 1. The molecule has 3 aliphatic rings. The van der Waals surface area contributed by atoms with Gasteiger partial charge in [-0.15, -0.1) is 0 Å². The van der Waals surface area contributed by atoms with Crippen molar-refractivity contribution in [2.75, 3.05) is 56.0 Å². The summed E-state index contributed by atoms with van der Waals surface area (Å²) < 4.78 is 19.5. The van der Waals surface area contributed by atoms with E-state index in [1.807, 2.05) is 35.2 Å². The van der Waals surface area contributed by atoms with Gasteiger partial charge < -0.3 is 29.7 Å². The lowest BCUT2D eigenvalue weighted by Gasteiger charge is -2.39. The molecule has 2 N–H and O–H groups in total. The third-order valence-electron chi connectivity index (χ3n) is 9.59. The first-order chi connectivity index (χ1) is 23.3. The number of halogens is 2. The van der Waals surface area contributed by atoms with Crippen LogP contribution >= 0.6 is 11.6 Å². The van der Waals surface area contributed by atoms with Crippen molar-refractivity contribution in [3.8, 4) is 0 Å². The van der Waals surface area contributed by atoms with Crippen LogP contribution in [0.25, 0.3) is 10.9 Å². The molecule has 4 amide bonds. The monoisotopic (exact) mass is 673 g/mol. The number of aromatic amines is 1. The number of H-pyrrole nitrogens is 1. The fraction of sp³-hybridized carbons (Fsp3) is 0.371. The van der Waals surface area contributed by atoms with Crippen molar-refractivity contribution in [2.24, 2.45) is 0 Å². The minimum Gasteiger partial charge on any atom is -0.436 e. The first kappa shape index (κ1) is 31.7. The summed E-state index contributed by atoms with van der Waals surface area (Å²) in [6.07, 6.45) is 2.16. The summed E-state index contributed by atoms with van der Waals surface area (Å²) in [5.74, 6) is -0.574. The van der Waals surface area contributed by atoms with Gasteiger partial charge in [-0.05, 0) is 72.9 Å². The van der Waals surface area contributed by atoms with Crippen LogP contribution in [0, 0.1) is 5.82 Å². The highest BCUT2D eigenvalue weighted by Crippen LogP contribution is 2.27. The maximum atomic E-state index is 14.0. The van der Waals surface area contributed by atoms with Gasteiger partial charge in [0.2, 0.25) is 0 Å². The molecule has 3 aromatic carbocycles.